The molecule has 1 heterocycles. The van der Waals surface area contributed by atoms with Crippen LogP contribution < -0.4 is 20.1 Å². The van der Waals surface area contributed by atoms with Gasteiger partial charge in [0, 0.05) is 24.8 Å². The van der Waals surface area contributed by atoms with Gasteiger partial charge in [-0.25, -0.2) is 13.1 Å². The SMILES string of the molecule is CCCCCCCCCNc1ccc(OC)c(S(=O)(=O)N[C@@H]2CCNC2)c1. The minimum atomic E-state index is -3.61. The normalized spacial score (nSPS) is 17.2. The van der Waals surface area contributed by atoms with E-state index in [2.05, 4.69) is 22.3 Å². The van der Waals surface area contributed by atoms with Gasteiger partial charge in [-0.2, -0.15) is 0 Å². The summed E-state index contributed by atoms with van der Waals surface area (Å²) in [5, 5.41) is 6.52. The molecule has 1 aromatic rings. The largest absolute Gasteiger partial charge is 0.495 e. The number of methoxy groups -OCH3 is 1. The second kappa shape index (κ2) is 11.5. The van der Waals surface area contributed by atoms with Crippen molar-refractivity contribution in [2.45, 2.75) is 69.2 Å². The van der Waals surface area contributed by atoms with Crippen LogP contribution in [0.25, 0.3) is 0 Å². The fraction of sp³-hybridized carbons (Fsp3) is 0.700. The van der Waals surface area contributed by atoms with Crippen LogP contribution in [0.3, 0.4) is 0 Å². The number of hydrogen-bond acceptors (Lipinski definition) is 5. The lowest BCUT2D eigenvalue weighted by atomic mass is 10.1. The first-order chi connectivity index (χ1) is 13.1. The Balaban J connectivity index is 1.88. The van der Waals surface area contributed by atoms with Crippen LogP contribution in [0.4, 0.5) is 5.69 Å². The van der Waals surface area contributed by atoms with Gasteiger partial charge in [0.2, 0.25) is 10.0 Å². The summed E-state index contributed by atoms with van der Waals surface area (Å²) in [4.78, 5) is 0.196. The van der Waals surface area contributed by atoms with Crippen molar-refractivity contribution in [3.05, 3.63) is 18.2 Å². The molecule has 1 fully saturated rings. The number of nitrogens with one attached hydrogen (secondary N) is 3. The molecule has 0 amide bonds. The van der Waals surface area contributed by atoms with Crippen LogP contribution in [0.5, 0.6) is 5.75 Å². The van der Waals surface area contributed by atoms with Crippen molar-refractivity contribution in [2.75, 3.05) is 32.1 Å². The average Bonchev–Trinajstić information content (AvgIpc) is 3.16. The van der Waals surface area contributed by atoms with Gasteiger partial charge in [0.15, 0.2) is 0 Å². The molecule has 0 aliphatic carbocycles. The van der Waals surface area contributed by atoms with Gasteiger partial charge < -0.3 is 15.4 Å². The molecule has 1 aromatic carbocycles. The Bertz CT molecular complexity index is 658. The topological polar surface area (TPSA) is 79.5 Å². The maximum atomic E-state index is 12.8. The lowest BCUT2D eigenvalue weighted by Crippen LogP contribution is -2.36. The van der Waals surface area contributed by atoms with Gasteiger partial charge in [-0.15, -0.1) is 0 Å². The van der Waals surface area contributed by atoms with Crippen molar-refractivity contribution < 1.29 is 13.2 Å². The van der Waals surface area contributed by atoms with Crippen molar-refractivity contribution in [1.29, 1.82) is 0 Å². The second-order valence-electron chi connectivity index (χ2n) is 7.22. The molecule has 0 bridgehead atoms. The highest BCUT2D eigenvalue weighted by Gasteiger charge is 2.25. The summed E-state index contributed by atoms with van der Waals surface area (Å²) in [5.74, 6) is 0.370. The monoisotopic (exact) mass is 397 g/mol. The zero-order valence-corrected chi connectivity index (χ0v) is 17.5. The van der Waals surface area contributed by atoms with Gasteiger partial charge in [-0.05, 0) is 37.6 Å². The van der Waals surface area contributed by atoms with E-state index in [1.54, 1.807) is 12.1 Å². The zero-order valence-electron chi connectivity index (χ0n) is 16.7. The molecular weight excluding hydrogens is 362 g/mol. The molecule has 1 saturated heterocycles. The van der Waals surface area contributed by atoms with Crippen molar-refractivity contribution in [3.8, 4) is 5.75 Å². The molecule has 1 aliphatic rings. The first kappa shape index (κ1) is 22.0. The molecule has 1 atom stereocenters. The molecule has 0 saturated carbocycles. The van der Waals surface area contributed by atoms with Crippen LogP contribution in [0.1, 0.15) is 58.3 Å². The van der Waals surface area contributed by atoms with E-state index < -0.39 is 10.0 Å². The molecule has 27 heavy (non-hydrogen) atoms. The Morgan fingerprint density at radius 3 is 2.56 bits per heavy atom. The molecule has 154 valence electrons. The van der Waals surface area contributed by atoms with Crippen LogP contribution in [0, 0.1) is 0 Å². The van der Waals surface area contributed by atoms with Crippen LogP contribution in [0.2, 0.25) is 0 Å². The van der Waals surface area contributed by atoms with E-state index >= 15 is 0 Å². The third-order valence-corrected chi connectivity index (χ3v) is 6.49. The highest BCUT2D eigenvalue weighted by atomic mass is 32.2. The third-order valence-electron chi connectivity index (χ3n) is 4.94. The molecular formula is C20H35N3O3S. The van der Waals surface area contributed by atoms with Crippen LogP contribution in [-0.2, 0) is 10.0 Å². The van der Waals surface area contributed by atoms with E-state index in [4.69, 9.17) is 4.74 Å². The van der Waals surface area contributed by atoms with E-state index in [0.717, 1.165) is 31.6 Å². The van der Waals surface area contributed by atoms with Gasteiger partial charge in [0.25, 0.3) is 0 Å². The van der Waals surface area contributed by atoms with Gasteiger partial charge in [0.1, 0.15) is 10.6 Å². The standard InChI is InChI=1S/C20H35N3O3S/c1-3-4-5-6-7-8-9-13-22-17-10-11-19(26-2)20(15-17)27(24,25)23-18-12-14-21-16-18/h10-11,15,18,21-23H,3-9,12-14,16H2,1-2H3/t18-/m1/s1. The Hall–Kier alpha value is -1.31. The zero-order chi connectivity index (χ0) is 19.5. The van der Waals surface area contributed by atoms with E-state index in [1.807, 2.05) is 6.07 Å². The second-order valence-corrected chi connectivity index (χ2v) is 8.91. The number of ether oxygens (including phenoxy) is 1. The smallest absolute Gasteiger partial charge is 0.244 e. The minimum Gasteiger partial charge on any atom is -0.495 e. The molecule has 0 spiro atoms. The number of rotatable bonds is 13. The molecule has 0 radical (unpaired) electrons. The number of sulfonamides is 1. The van der Waals surface area contributed by atoms with E-state index in [9.17, 15) is 8.42 Å². The van der Waals surface area contributed by atoms with Gasteiger partial charge in [-0.1, -0.05) is 45.4 Å². The van der Waals surface area contributed by atoms with E-state index in [-0.39, 0.29) is 10.9 Å². The Morgan fingerprint density at radius 2 is 1.89 bits per heavy atom. The maximum Gasteiger partial charge on any atom is 0.244 e. The molecule has 0 unspecified atom stereocenters. The fourth-order valence-corrected chi connectivity index (χ4v) is 4.81. The van der Waals surface area contributed by atoms with Crippen LogP contribution in [-0.4, -0.2) is 41.2 Å². The number of hydrogen-bond donors (Lipinski definition) is 3. The van der Waals surface area contributed by atoms with Gasteiger partial charge in [-0.3, -0.25) is 0 Å². The van der Waals surface area contributed by atoms with E-state index in [1.165, 1.54) is 45.6 Å². The Morgan fingerprint density at radius 1 is 1.15 bits per heavy atom. The summed E-state index contributed by atoms with van der Waals surface area (Å²) in [6.45, 7) is 4.58. The summed E-state index contributed by atoms with van der Waals surface area (Å²) in [5.41, 5.74) is 0.812. The first-order valence-corrected chi connectivity index (χ1v) is 11.7. The average molecular weight is 398 g/mol. The number of anilines is 1. The van der Waals surface area contributed by atoms with Gasteiger partial charge in [0.05, 0.1) is 7.11 Å². The van der Waals surface area contributed by atoms with E-state index in [0.29, 0.717) is 12.3 Å². The molecule has 1 aliphatic heterocycles. The van der Waals surface area contributed by atoms with Crippen molar-refractivity contribution in [3.63, 3.8) is 0 Å². The summed E-state index contributed by atoms with van der Waals surface area (Å²) < 4.78 is 33.6. The molecule has 3 N–H and O–H groups in total. The van der Waals surface area contributed by atoms with Crippen LogP contribution >= 0.6 is 0 Å². The molecule has 7 heteroatoms. The number of unbranched alkanes of at least 4 members (excludes halogenated alkanes) is 6. The molecule has 6 nitrogen and oxygen atoms in total. The van der Waals surface area contributed by atoms with Crippen molar-refractivity contribution in [2.24, 2.45) is 0 Å². The molecule has 0 aromatic heterocycles. The predicted molar refractivity (Wildman–Crippen MR) is 111 cm³/mol. The Kier molecular flexibility index (Phi) is 9.38. The first-order valence-electron chi connectivity index (χ1n) is 10.2. The minimum absolute atomic E-state index is 0.0657. The quantitative estimate of drug-likeness (QED) is 0.444. The fourth-order valence-electron chi connectivity index (χ4n) is 3.35. The Labute approximate surface area is 164 Å². The van der Waals surface area contributed by atoms with Crippen LogP contribution in [0.15, 0.2) is 23.1 Å². The lowest BCUT2D eigenvalue weighted by Gasteiger charge is -2.16. The lowest BCUT2D eigenvalue weighted by molar-refractivity contribution is 0.402. The van der Waals surface area contributed by atoms with Crippen molar-refractivity contribution in [1.82, 2.24) is 10.0 Å². The number of benzene rings is 1. The summed E-state index contributed by atoms with van der Waals surface area (Å²) in [6, 6.07) is 5.19. The molecule has 2 rings (SSSR count). The predicted octanol–water partition coefficient (Wildman–Crippen LogP) is 3.50. The summed E-state index contributed by atoms with van der Waals surface area (Å²) in [7, 11) is -2.11. The van der Waals surface area contributed by atoms with Crippen molar-refractivity contribution >= 4 is 15.7 Å². The summed E-state index contributed by atoms with van der Waals surface area (Å²) >= 11 is 0. The maximum absolute atomic E-state index is 12.8. The highest BCUT2D eigenvalue weighted by Crippen LogP contribution is 2.27. The van der Waals surface area contributed by atoms with Gasteiger partial charge >= 0.3 is 0 Å². The summed E-state index contributed by atoms with van der Waals surface area (Å²) in [6.07, 6.45) is 9.60. The third kappa shape index (κ3) is 7.31. The highest BCUT2D eigenvalue weighted by molar-refractivity contribution is 7.89.